The monoisotopic (exact) mass is 381 g/mol. The number of carbonyl (C=O) groups excluding carboxylic acids is 2. The summed E-state index contributed by atoms with van der Waals surface area (Å²) in [5.41, 5.74) is 5.27. The lowest BCUT2D eigenvalue weighted by Gasteiger charge is -2.34. The first kappa shape index (κ1) is 21.2. The Hall–Kier alpha value is -0.860. The zero-order valence-electron chi connectivity index (χ0n) is 14.4. The summed E-state index contributed by atoms with van der Waals surface area (Å²) in [6.45, 7) is 6.49. The van der Waals surface area contributed by atoms with Crippen LogP contribution in [0.1, 0.15) is 33.6 Å². The second-order valence-corrected chi connectivity index (χ2v) is 9.50. The van der Waals surface area contributed by atoms with Crippen LogP contribution in [0, 0.1) is 11.8 Å². The predicted molar refractivity (Wildman–Crippen MR) is 94.6 cm³/mol. The number of halogens is 1. The van der Waals surface area contributed by atoms with Gasteiger partial charge in [-0.2, -0.15) is 0 Å². The summed E-state index contributed by atoms with van der Waals surface area (Å²) in [5, 5.41) is 2.97. The quantitative estimate of drug-likeness (QED) is 0.692. The standard InChI is InChI=1S/C15H27N3O4S.ClH/c1-10(2)15(3,9-16)17-14(20)11-6-13(19)18(7-11)12-4-5-23(21,22)8-12;/h10-12H,4-9,16H2,1-3H3,(H,17,20);1H. The van der Waals surface area contributed by atoms with E-state index in [-0.39, 0.29) is 54.1 Å². The molecule has 140 valence electrons. The Morgan fingerprint density at radius 3 is 2.54 bits per heavy atom. The lowest BCUT2D eigenvalue weighted by molar-refractivity contribution is -0.130. The van der Waals surface area contributed by atoms with Gasteiger partial charge in [-0.3, -0.25) is 9.59 Å². The topological polar surface area (TPSA) is 110 Å². The van der Waals surface area contributed by atoms with Crippen LogP contribution in [0.4, 0.5) is 0 Å². The maximum atomic E-state index is 12.5. The van der Waals surface area contributed by atoms with E-state index < -0.39 is 21.3 Å². The van der Waals surface area contributed by atoms with Gasteiger partial charge < -0.3 is 16.0 Å². The zero-order chi connectivity index (χ0) is 17.4. The molecule has 2 saturated heterocycles. The molecule has 2 amide bonds. The van der Waals surface area contributed by atoms with Crippen LogP contribution < -0.4 is 11.1 Å². The minimum atomic E-state index is -3.05. The minimum absolute atomic E-state index is 0. The molecule has 0 aromatic rings. The highest BCUT2D eigenvalue weighted by Crippen LogP contribution is 2.27. The molecule has 2 aliphatic rings. The van der Waals surface area contributed by atoms with Gasteiger partial charge in [0, 0.05) is 25.6 Å². The number of nitrogens with two attached hydrogens (primary N) is 1. The minimum Gasteiger partial charge on any atom is -0.349 e. The fourth-order valence-electron chi connectivity index (χ4n) is 3.10. The van der Waals surface area contributed by atoms with Crippen molar-refractivity contribution in [2.45, 2.75) is 45.2 Å². The smallest absolute Gasteiger partial charge is 0.225 e. The lowest BCUT2D eigenvalue weighted by Crippen LogP contribution is -2.56. The molecular weight excluding hydrogens is 354 g/mol. The van der Waals surface area contributed by atoms with E-state index in [1.807, 2.05) is 20.8 Å². The molecule has 2 aliphatic heterocycles. The number of nitrogens with zero attached hydrogens (tertiary/aromatic N) is 1. The molecule has 7 nitrogen and oxygen atoms in total. The Labute approximate surface area is 150 Å². The van der Waals surface area contributed by atoms with Gasteiger partial charge in [-0.1, -0.05) is 13.8 Å². The highest BCUT2D eigenvalue weighted by atomic mass is 35.5. The highest BCUT2D eigenvalue weighted by molar-refractivity contribution is 7.91. The van der Waals surface area contributed by atoms with Gasteiger partial charge in [0.05, 0.1) is 23.0 Å². The molecule has 0 bridgehead atoms. The van der Waals surface area contributed by atoms with Crippen molar-refractivity contribution in [1.29, 1.82) is 0 Å². The van der Waals surface area contributed by atoms with Gasteiger partial charge in [-0.25, -0.2) is 8.42 Å². The van der Waals surface area contributed by atoms with Crippen molar-refractivity contribution in [3.05, 3.63) is 0 Å². The molecule has 3 atom stereocenters. The fraction of sp³-hybridized carbons (Fsp3) is 0.867. The summed E-state index contributed by atoms with van der Waals surface area (Å²) < 4.78 is 23.2. The van der Waals surface area contributed by atoms with Crippen molar-refractivity contribution >= 4 is 34.1 Å². The molecular formula is C15H28ClN3O4S. The number of carbonyl (C=O) groups is 2. The molecule has 0 aromatic heterocycles. The van der Waals surface area contributed by atoms with E-state index in [2.05, 4.69) is 5.32 Å². The van der Waals surface area contributed by atoms with E-state index in [0.717, 1.165) is 0 Å². The summed E-state index contributed by atoms with van der Waals surface area (Å²) in [7, 11) is -3.05. The van der Waals surface area contributed by atoms with E-state index in [4.69, 9.17) is 5.73 Å². The largest absolute Gasteiger partial charge is 0.349 e. The summed E-state index contributed by atoms with van der Waals surface area (Å²) in [6.07, 6.45) is 0.607. The van der Waals surface area contributed by atoms with Crippen molar-refractivity contribution in [3.8, 4) is 0 Å². The summed E-state index contributed by atoms with van der Waals surface area (Å²) in [5.74, 6) is -0.439. The SMILES string of the molecule is CC(C)C(C)(CN)NC(=O)C1CC(=O)N(C2CCS(=O)(=O)C2)C1.Cl. The van der Waals surface area contributed by atoms with Gasteiger partial charge >= 0.3 is 0 Å². The van der Waals surface area contributed by atoms with Crippen molar-refractivity contribution in [3.63, 3.8) is 0 Å². The lowest BCUT2D eigenvalue weighted by atomic mass is 9.87. The van der Waals surface area contributed by atoms with Gasteiger partial charge in [-0.15, -0.1) is 12.4 Å². The number of sulfone groups is 1. The Morgan fingerprint density at radius 1 is 1.46 bits per heavy atom. The van der Waals surface area contributed by atoms with Crippen LogP contribution in [0.2, 0.25) is 0 Å². The molecule has 24 heavy (non-hydrogen) atoms. The van der Waals surface area contributed by atoms with E-state index in [9.17, 15) is 18.0 Å². The summed E-state index contributed by atoms with van der Waals surface area (Å²) in [6, 6.07) is -0.281. The Balaban J connectivity index is 0.00000288. The number of hydrogen-bond donors (Lipinski definition) is 2. The summed E-state index contributed by atoms with van der Waals surface area (Å²) >= 11 is 0. The molecule has 2 rings (SSSR count). The number of likely N-dealkylation sites (tertiary alicyclic amines) is 1. The van der Waals surface area contributed by atoms with Gasteiger partial charge in [0.2, 0.25) is 11.8 Å². The average Bonchev–Trinajstić information content (AvgIpc) is 3.01. The second kappa shape index (κ2) is 7.58. The first-order valence-corrected chi connectivity index (χ1v) is 9.92. The van der Waals surface area contributed by atoms with E-state index in [1.54, 1.807) is 4.90 Å². The second-order valence-electron chi connectivity index (χ2n) is 7.27. The van der Waals surface area contributed by atoms with Gasteiger partial charge in [-0.05, 0) is 19.3 Å². The first-order valence-electron chi connectivity index (χ1n) is 8.10. The number of amides is 2. The van der Waals surface area contributed by atoms with Crippen LogP contribution in [0.5, 0.6) is 0 Å². The van der Waals surface area contributed by atoms with E-state index in [1.165, 1.54) is 0 Å². The van der Waals surface area contributed by atoms with E-state index >= 15 is 0 Å². The van der Waals surface area contributed by atoms with Crippen molar-refractivity contribution in [2.75, 3.05) is 24.6 Å². The third-order valence-electron chi connectivity index (χ3n) is 5.29. The summed E-state index contributed by atoms with van der Waals surface area (Å²) in [4.78, 5) is 26.2. The van der Waals surface area contributed by atoms with E-state index in [0.29, 0.717) is 19.5 Å². The third-order valence-corrected chi connectivity index (χ3v) is 7.04. The van der Waals surface area contributed by atoms with Crippen molar-refractivity contribution in [1.82, 2.24) is 10.2 Å². The molecule has 0 aliphatic carbocycles. The van der Waals surface area contributed by atoms with Crippen LogP contribution in [-0.4, -0.2) is 61.3 Å². The molecule has 9 heteroatoms. The number of hydrogen-bond acceptors (Lipinski definition) is 5. The number of rotatable bonds is 5. The van der Waals surface area contributed by atoms with Crippen LogP contribution in [0.3, 0.4) is 0 Å². The molecule has 0 saturated carbocycles. The van der Waals surface area contributed by atoms with Gasteiger partial charge in [0.25, 0.3) is 0 Å². The van der Waals surface area contributed by atoms with Crippen LogP contribution in [0.15, 0.2) is 0 Å². The molecule has 2 fully saturated rings. The predicted octanol–water partition coefficient (Wildman–Crippen LogP) is -0.0666. The maximum absolute atomic E-state index is 12.5. The van der Waals surface area contributed by atoms with Gasteiger partial charge in [0.15, 0.2) is 9.84 Å². The third kappa shape index (κ3) is 4.40. The number of nitrogens with one attached hydrogen (secondary N) is 1. The molecule has 0 aromatic carbocycles. The normalized spacial score (nSPS) is 28.5. The maximum Gasteiger partial charge on any atom is 0.225 e. The first-order chi connectivity index (χ1) is 10.6. The Kier molecular flexibility index (Phi) is 6.69. The molecule has 0 spiro atoms. The fourth-order valence-corrected chi connectivity index (χ4v) is 4.83. The van der Waals surface area contributed by atoms with Crippen molar-refractivity contribution in [2.24, 2.45) is 17.6 Å². The molecule has 3 unspecified atom stereocenters. The molecule has 2 heterocycles. The molecule has 3 N–H and O–H groups in total. The average molecular weight is 382 g/mol. The van der Waals surface area contributed by atoms with Crippen LogP contribution >= 0.6 is 12.4 Å². The highest BCUT2D eigenvalue weighted by Gasteiger charge is 2.43. The molecule has 0 radical (unpaired) electrons. The van der Waals surface area contributed by atoms with Gasteiger partial charge in [0.1, 0.15) is 0 Å². The van der Waals surface area contributed by atoms with Crippen LogP contribution in [0.25, 0.3) is 0 Å². The van der Waals surface area contributed by atoms with Crippen molar-refractivity contribution < 1.29 is 18.0 Å². The Bertz CT molecular complexity index is 596. The zero-order valence-corrected chi connectivity index (χ0v) is 16.1. The van der Waals surface area contributed by atoms with Crippen LogP contribution in [-0.2, 0) is 19.4 Å². The Morgan fingerprint density at radius 2 is 2.08 bits per heavy atom.